The molecule has 0 aliphatic heterocycles. The summed E-state index contributed by atoms with van der Waals surface area (Å²) in [7, 11) is 0. The Kier molecular flexibility index (Phi) is 3.97. The first-order valence-corrected chi connectivity index (χ1v) is 6.49. The van der Waals surface area contributed by atoms with Crippen molar-refractivity contribution in [3.63, 3.8) is 0 Å². The van der Waals surface area contributed by atoms with Gasteiger partial charge >= 0.3 is 5.97 Å². The topological polar surface area (TPSA) is 75.4 Å². The van der Waals surface area contributed by atoms with Gasteiger partial charge in [-0.05, 0) is 36.4 Å². The van der Waals surface area contributed by atoms with E-state index in [1.165, 1.54) is 12.1 Å². The fourth-order valence-electron chi connectivity index (χ4n) is 1.55. The van der Waals surface area contributed by atoms with Gasteiger partial charge in [-0.15, -0.1) is 0 Å². The van der Waals surface area contributed by atoms with Crippen LogP contribution in [0.3, 0.4) is 0 Å². The SMILES string of the molecule is Nc1cc(C(=O)O)ccc1Nc1ccc(Br)cc1Cl. The number of nitrogens with two attached hydrogens (primary N) is 1. The highest BCUT2D eigenvalue weighted by molar-refractivity contribution is 9.10. The molecule has 0 heterocycles. The molecule has 2 aromatic rings. The molecule has 98 valence electrons. The summed E-state index contributed by atoms with van der Waals surface area (Å²) in [6.07, 6.45) is 0. The quantitative estimate of drug-likeness (QED) is 0.734. The van der Waals surface area contributed by atoms with Crippen LogP contribution in [0.15, 0.2) is 40.9 Å². The zero-order valence-electron chi connectivity index (χ0n) is 9.65. The Hall–Kier alpha value is -1.72. The highest BCUT2D eigenvalue weighted by atomic mass is 79.9. The molecule has 4 N–H and O–H groups in total. The first kappa shape index (κ1) is 13.7. The van der Waals surface area contributed by atoms with Gasteiger partial charge in [-0.2, -0.15) is 0 Å². The first-order valence-electron chi connectivity index (χ1n) is 5.32. The molecule has 0 radical (unpaired) electrons. The van der Waals surface area contributed by atoms with Crippen LogP contribution < -0.4 is 11.1 Å². The van der Waals surface area contributed by atoms with Gasteiger partial charge in [0.15, 0.2) is 0 Å². The molecule has 0 aliphatic rings. The number of carboxylic acid groups (broad SMARTS) is 1. The Labute approximate surface area is 123 Å². The number of carbonyl (C=O) groups is 1. The highest BCUT2D eigenvalue weighted by Gasteiger charge is 2.08. The second-order valence-electron chi connectivity index (χ2n) is 3.86. The molecule has 4 nitrogen and oxygen atoms in total. The van der Waals surface area contributed by atoms with Crippen LogP contribution in [0.25, 0.3) is 0 Å². The zero-order chi connectivity index (χ0) is 14.0. The third kappa shape index (κ3) is 3.19. The van der Waals surface area contributed by atoms with Gasteiger partial charge in [-0.25, -0.2) is 4.79 Å². The van der Waals surface area contributed by atoms with Crippen LogP contribution in [0.2, 0.25) is 5.02 Å². The Morgan fingerprint density at radius 1 is 1.21 bits per heavy atom. The molecule has 0 aromatic heterocycles. The van der Waals surface area contributed by atoms with Crippen LogP contribution in [0, 0.1) is 0 Å². The van der Waals surface area contributed by atoms with Crippen molar-refractivity contribution in [3.8, 4) is 0 Å². The predicted octanol–water partition coefficient (Wildman–Crippen LogP) is 4.13. The molecular weight excluding hydrogens is 332 g/mol. The largest absolute Gasteiger partial charge is 0.478 e. The number of aromatic carboxylic acids is 1. The van der Waals surface area contributed by atoms with Crippen LogP contribution in [0.5, 0.6) is 0 Å². The van der Waals surface area contributed by atoms with E-state index in [0.717, 1.165) is 4.47 Å². The lowest BCUT2D eigenvalue weighted by atomic mass is 10.1. The van der Waals surface area contributed by atoms with Crippen LogP contribution in [-0.4, -0.2) is 11.1 Å². The minimum Gasteiger partial charge on any atom is -0.478 e. The van der Waals surface area contributed by atoms with Crippen molar-refractivity contribution in [1.82, 2.24) is 0 Å². The summed E-state index contributed by atoms with van der Waals surface area (Å²) in [5.41, 5.74) is 7.60. The molecular formula is C13H10BrClN2O2. The number of carboxylic acids is 1. The third-order valence-electron chi connectivity index (χ3n) is 2.50. The molecule has 0 amide bonds. The van der Waals surface area contributed by atoms with Gasteiger partial charge in [-0.3, -0.25) is 0 Å². The van der Waals surface area contributed by atoms with Crippen LogP contribution in [-0.2, 0) is 0 Å². The minimum absolute atomic E-state index is 0.143. The maximum absolute atomic E-state index is 10.8. The van der Waals surface area contributed by atoms with E-state index in [9.17, 15) is 4.79 Å². The van der Waals surface area contributed by atoms with E-state index in [-0.39, 0.29) is 5.56 Å². The molecule has 19 heavy (non-hydrogen) atoms. The highest BCUT2D eigenvalue weighted by Crippen LogP contribution is 2.30. The Balaban J connectivity index is 2.31. The Bertz CT molecular complexity index is 647. The second-order valence-corrected chi connectivity index (χ2v) is 5.18. The third-order valence-corrected chi connectivity index (χ3v) is 3.30. The molecule has 0 aliphatic carbocycles. The summed E-state index contributed by atoms with van der Waals surface area (Å²) in [4.78, 5) is 10.8. The summed E-state index contributed by atoms with van der Waals surface area (Å²) in [6.45, 7) is 0. The van der Waals surface area contributed by atoms with E-state index in [2.05, 4.69) is 21.2 Å². The van der Waals surface area contributed by atoms with Crippen molar-refractivity contribution in [2.24, 2.45) is 0 Å². The molecule has 0 spiro atoms. The van der Waals surface area contributed by atoms with Crippen LogP contribution >= 0.6 is 27.5 Å². The fourth-order valence-corrected chi connectivity index (χ4v) is 2.27. The standard InChI is InChI=1S/C13H10BrClN2O2/c14-8-2-4-11(9(15)6-8)17-12-3-1-7(13(18)19)5-10(12)16/h1-6,17H,16H2,(H,18,19). The van der Waals surface area contributed by atoms with Crippen molar-refractivity contribution in [1.29, 1.82) is 0 Å². The molecule has 0 saturated heterocycles. The summed E-state index contributed by atoms with van der Waals surface area (Å²) in [5.74, 6) is -1.01. The normalized spacial score (nSPS) is 10.2. The van der Waals surface area contributed by atoms with Gasteiger partial charge in [0.1, 0.15) is 0 Å². The lowest BCUT2D eigenvalue weighted by Crippen LogP contribution is -2.01. The summed E-state index contributed by atoms with van der Waals surface area (Å²) >= 11 is 9.41. The number of benzene rings is 2. The summed E-state index contributed by atoms with van der Waals surface area (Å²) < 4.78 is 0.872. The number of anilines is 3. The van der Waals surface area contributed by atoms with E-state index in [4.69, 9.17) is 22.4 Å². The maximum Gasteiger partial charge on any atom is 0.335 e. The monoisotopic (exact) mass is 340 g/mol. The lowest BCUT2D eigenvalue weighted by molar-refractivity contribution is 0.0697. The molecule has 6 heteroatoms. The van der Waals surface area contributed by atoms with E-state index in [1.54, 1.807) is 18.2 Å². The smallest absolute Gasteiger partial charge is 0.335 e. The van der Waals surface area contributed by atoms with Gasteiger partial charge in [0.2, 0.25) is 0 Å². The Morgan fingerprint density at radius 3 is 2.47 bits per heavy atom. The lowest BCUT2D eigenvalue weighted by Gasteiger charge is -2.11. The predicted molar refractivity (Wildman–Crippen MR) is 80.2 cm³/mol. The number of nitrogen functional groups attached to an aromatic ring is 1. The molecule has 0 bridgehead atoms. The molecule has 0 saturated carbocycles. The molecule has 2 rings (SSSR count). The summed E-state index contributed by atoms with van der Waals surface area (Å²) in [6, 6.07) is 9.89. The second kappa shape index (κ2) is 5.50. The average Bonchev–Trinajstić information content (AvgIpc) is 2.34. The molecule has 2 aromatic carbocycles. The van der Waals surface area contributed by atoms with Crippen molar-refractivity contribution in [3.05, 3.63) is 51.5 Å². The minimum atomic E-state index is -1.01. The molecule has 0 unspecified atom stereocenters. The number of hydrogen-bond donors (Lipinski definition) is 3. The van der Waals surface area contributed by atoms with Gasteiger partial charge in [-0.1, -0.05) is 27.5 Å². The van der Waals surface area contributed by atoms with Crippen LogP contribution in [0.1, 0.15) is 10.4 Å². The molecule has 0 atom stereocenters. The first-order chi connectivity index (χ1) is 8.97. The van der Waals surface area contributed by atoms with Gasteiger partial charge in [0.05, 0.1) is 27.6 Å². The van der Waals surface area contributed by atoms with Gasteiger partial charge in [0.25, 0.3) is 0 Å². The Morgan fingerprint density at radius 2 is 1.89 bits per heavy atom. The fraction of sp³-hybridized carbons (Fsp3) is 0. The maximum atomic E-state index is 10.8. The van der Waals surface area contributed by atoms with Gasteiger partial charge in [0, 0.05) is 4.47 Å². The summed E-state index contributed by atoms with van der Waals surface area (Å²) in [5, 5.41) is 12.5. The van der Waals surface area contributed by atoms with E-state index < -0.39 is 5.97 Å². The zero-order valence-corrected chi connectivity index (χ0v) is 12.0. The van der Waals surface area contributed by atoms with Crippen molar-refractivity contribution in [2.75, 3.05) is 11.1 Å². The van der Waals surface area contributed by atoms with Crippen molar-refractivity contribution < 1.29 is 9.90 Å². The average molecular weight is 342 g/mol. The van der Waals surface area contributed by atoms with Crippen LogP contribution in [0.4, 0.5) is 17.1 Å². The van der Waals surface area contributed by atoms with Gasteiger partial charge < -0.3 is 16.2 Å². The van der Waals surface area contributed by atoms with Crippen molar-refractivity contribution >= 4 is 50.6 Å². The van der Waals surface area contributed by atoms with Crippen molar-refractivity contribution in [2.45, 2.75) is 0 Å². The number of rotatable bonds is 3. The van der Waals surface area contributed by atoms with E-state index >= 15 is 0 Å². The van der Waals surface area contributed by atoms with E-state index in [0.29, 0.717) is 22.1 Å². The molecule has 0 fully saturated rings. The number of halogens is 2. The van der Waals surface area contributed by atoms with E-state index in [1.807, 2.05) is 6.07 Å². The number of nitrogens with one attached hydrogen (secondary N) is 1. The number of hydrogen-bond acceptors (Lipinski definition) is 3.